The van der Waals surface area contributed by atoms with Crippen LogP contribution in [-0.4, -0.2) is 24.5 Å². The van der Waals surface area contributed by atoms with Crippen molar-refractivity contribution < 1.29 is 0 Å². The van der Waals surface area contributed by atoms with Crippen molar-refractivity contribution >= 4 is 5.69 Å². The van der Waals surface area contributed by atoms with E-state index in [-0.39, 0.29) is 0 Å². The first-order valence-electron chi connectivity index (χ1n) is 9.65. The molecule has 2 aromatic heterocycles. The van der Waals surface area contributed by atoms with Crippen LogP contribution in [-0.2, 0) is 19.5 Å². The molecule has 1 aliphatic heterocycles. The van der Waals surface area contributed by atoms with E-state index < -0.39 is 0 Å². The van der Waals surface area contributed by atoms with Crippen molar-refractivity contribution in [3.63, 3.8) is 0 Å². The average molecular weight is 370 g/mol. The van der Waals surface area contributed by atoms with Crippen LogP contribution >= 0.6 is 0 Å². The second-order valence-corrected chi connectivity index (χ2v) is 7.23. The average Bonchev–Trinajstić information content (AvgIpc) is 3.44. The van der Waals surface area contributed by atoms with Gasteiger partial charge in [-0.1, -0.05) is 24.3 Å². The standard InChI is InChI=1S/C22H22N6/c1-3-18(19-7-10-22-26-24-16-27(22)15-19)13-20(4-1)23-14-17-5-8-21(9-6-17)28-12-2-11-25-28/h1-6,8-9,11-13,16,19,23H,7,10,14-15H2/t19-/m0/s1. The van der Waals surface area contributed by atoms with Crippen LogP contribution in [0.3, 0.4) is 0 Å². The third kappa shape index (κ3) is 3.41. The number of hydrogen-bond acceptors (Lipinski definition) is 4. The molecule has 0 fully saturated rings. The number of nitrogens with one attached hydrogen (secondary N) is 1. The Morgan fingerprint density at radius 3 is 2.86 bits per heavy atom. The predicted octanol–water partition coefficient (Wildman–Crippen LogP) is 3.81. The molecule has 1 N–H and O–H groups in total. The van der Waals surface area contributed by atoms with Crippen molar-refractivity contribution in [3.05, 3.63) is 90.3 Å². The number of fused-ring (bicyclic) bond motifs is 1. The van der Waals surface area contributed by atoms with Crippen molar-refractivity contribution in [2.75, 3.05) is 5.32 Å². The van der Waals surface area contributed by atoms with Gasteiger partial charge in [-0.15, -0.1) is 10.2 Å². The van der Waals surface area contributed by atoms with Crippen LogP contribution in [0.25, 0.3) is 5.69 Å². The van der Waals surface area contributed by atoms with Crippen LogP contribution in [0.1, 0.15) is 29.3 Å². The molecule has 1 atom stereocenters. The Labute approximate surface area is 163 Å². The molecule has 4 aromatic rings. The number of anilines is 1. The molecule has 6 nitrogen and oxygen atoms in total. The summed E-state index contributed by atoms with van der Waals surface area (Å²) in [5, 5.41) is 16.0. The first kappa shape index (κ1) is 16.7. The quantitative estimate of drug-likeness (QED) is 0.580. The van der Waals surface area contributed by atoms with Gasteiger partial charge < -0.3 is 9.88 Å². The van der Waals surface area contributed by atoms with E-state index in [0.29, 0.717) is 5.92 Å². The molecule has 0 amide bonds. The van der Waals surface area contributed by atoms with Gasteiger partial charge in [-0.2, -0.15) is 5.10 Å². The van der Waals surface area contributed by atoms with Crippen LogP contribution < -0.4 is 5.32 Å². The summed E-state index contributed by atoms with van der Waals surface area (Å²) >= 11 is 0. The molecule has 0 bridgehead atoms. The number of hydrogen-bond donors (Lipinski definition) is 1. The summed E-state index contributed by atoms with van der Waals surface area (Å²) in [6, 6.07) is 19.2. The van der Waals surface area contributed by atoms with E-state index in [0.717, 1.165) is 43.1 Å². The highest BCUT2D eigenvalue weighted by molar-refractivity contribution is 5.47. The molecule has 1 aliphatic rings. The lowest BCUT2D eigenvalue weighted by Gasteiger charge is -2.24. The van der Waals surface area contributed by atoms with Gasteiger partial charge in [-0.3, -0.25) is 0 Å². The summed E-state index contributed by atoms with van der Waals surface area (Å²) in [6.45, 7) is 1.75. The maximum Gasteiger partial charge on any atom is 0.132 e. The van der Waals surface area contributed by atoms with Crippen molar-refractivity contribution in [2.45, 2.75) is 31.8 Å². The minimum absolute atomic E-state index is 0.513. The van der Waals surface area contributed by atoms with Crippen molar-refractivity contribution in [3.8, 4) is 5.69 Å². The third-order valence-electron chi connectivity index (χ3n) is 5.39. The van der Waals surface area contributed by atoms with E-state index in [1.165, 1.54) is 11.1 Å². The zero-order chi connectivity index (χ0) is 18.8. The van der Waals surface area contributed by atoms with E-state index in [1.807, 2.05) is 23.3 Å². The summed E-state index contributed by atoms with van der Waals surface area (Å²) in [7, 11) is 0. The molecule has 0 saturated carbocycles. The lowest BCUT2D eigenvalue weighted by Crippen LogP contribution is -2.18. The van der Waals surface area contributed by atoms with Crippen LogP contribution in [0.4, 0.5) is 5.69 Å². The molecule has 0 aliphatic carbocycles. The highest BCUT2D eigenvalue weighted by Gasteiger charge is 2.21. The molecule has 140 valence electrons. The highest BCUT2D eigenvalue weighted by atomic mass is 15.3. The number of benzene rings is 2. The Hall–Kier alpha value is -3.41. The van der Waals surface area contributed by atoms with Crippen LogP contribution in [0, 0.1) is 0 Å². The molecular weight excluding hydrogens is 348 g/mol. The first-order valence-corrected chi connectivity index (χ1v) is 9.65. The number of aromatic nitrogens is 5. The zero-order valence-corrected chi connectivity index (χ0v) is 15.6. The fourth-order valence-electron chi connectivity index (χ4n) is 3.82. The fraction of sp³-hybridized carbons (Fsp3) is 0.227. The van der Waals surface area contributed by atoms with Gasteiger partial charge in [-0.05, 0) is 47.9 Å². The molecule has 28 heavy (non-hydrogen) atoms. The van der Waals surface area contributed by atoms with Gasteiger partial charge in [-0.25, -0.2) is 4.68 Å². The van der Waals surface area contributed by atoms with Crippen LogP contribution in [0.5, 0.6) is 0 Å². The van der Waals surface area contributed by atoms with Crippen molar-refractivity contribution in [1.29, 1.82) is 0 Å². The largest absolute Gasteiger partial charge is 0.381 e. The van der Waals surface area contributed by atoms with Gasteiger partial charge in [0.1, 0.15) is 12.2 Å². The summed E-state index contributed by atoms with van der Waals surface area (Å²) in [5.41, 5.74) is 4.84. The number of aryl methyl sites for hydroxylation is 1. The number of nitrogens with zero attached hydrogens (tertiary/aromatic N) is 5. The van der Waals surface area contributed by atoms with Gasteiger partial charge in [0.25, 0.3) is 0 Å². The van der Waals surface area contributed by atoms with E-state index in [9.17, 15) is 0 Å². The minimum Gasteiger partial charge on any atom is -0.381 e. The zero-order valence-electron chi connectivity index (χ0n) is 15.6. The van der Waals surface area contributed by atoms with Crippen LogP contribution in [0.15, 0.2) is 73.3 Å². The first-order chi connectivity index (χ1) is 13.8. The summed E-state index contributed by atoms with van der Waals surface area (Å²) in [6.07, 6.45) is 7.70. The lowest BCUT2D eigenvalue weighted by molar-refractivity contribution is 0.456. The van der Waals surface area contributed by atoms with E-state index >= 15 is 0 Å². The van der Waals surface area contributed by atoms with Gasteiger partial charge in [0.05, 0.1) is 5.69 Å². The Bertz CT molecular complexity index is 1050. The topological polar surface area (TPSA) is 60.6 Å². The Morgan fingerprint density at radius 2 is 2.00 bits per heavy atom. The maximum atomic E-state index is 4.27. The molecule has 0 unspecified atom stereocenters. The molecule has 0 radical (unpaired) electrons. The molecule has 0 spiro atoms. The smallest absolute Gasteiger partial charge is 0.132 e. The van der Waals surface area contributed by atoms with Gasteiger partial charge in [0.2, 0.25) is 0 Å². The highest BCUT2D eigenvalue weighted by Crippen LogP contribution is 2.29. The fourth-order valence-corrected chi connectivity index (χ4v) is 3.82. The normalized spacial score (nSPS) is 15.9. The molecule has 3 heterocycles. The third-order valence-corrected chi connectivity index (χ3v) is 5.39. The monoisotopic (exact) mass is 370 g/mol. The SMILES string of the molecule is c1cc(NCc2ccc(-n3cccn3)cc2)cc([C@H]2CCc3nncn3C2)c1. The van der Waals surface area contributed by atoms with Gasteiger partial charge in [0.15, 0.2) is 0 Å². The maximum absolute atomic E-state index is 4.27. The molecule has 6 heteroatoms. The molecule has 2 aromatic carbocycles. The van der Waals surface area contributed by atoms with Crippen molar-refractivity contribution in [2.24, 2.45) is 0 Å². The second-order valence-electron chi connectivity index (χ2n) is 7.23. The second kappa shape index (κ2) is 7.31. The van der Waals surface area contributed by atoms with E-state index in [2.05, 4.69) is 73.7 Å². The lowest BCUT2D eigenvalue weighted by atomic mass is 9.91. The van der Waals surface area contributed by atoms with Gasteiger partial charge in [0, 0.05) is 43.5 Å². The Balaban J connectivity index is 1.25. The van der Waals surface area contributed by atoms with Crippen molar-refractivity contribution in [1.82, 2.24) is 24.5 Å². The van der Waals surface area contributed by atoms with E-state index in [1.54, 1.807) is 6.20 Å². The minimum atomic E-state index is 0.513. The molecule has 0 saturated heterocycles. The molecular formula is C22H22N6. The van der Waals surface area contributed by atoms with E-state index in [4.69, 9.17) is 0 Å². The molecule has 5 rings (SSSR count). The van der Waals surface area contributed by atoms with Gasteiger partial charge >= 0.3 is 0 Å². The Kier molecular flexibility index (Phi) is 4.37. The summed E-state index contributed by atoms with van der Waals surface area (Å²) in [4.78, 5) is 0. The predicted molar refractivity (Wildman–Crippen MR) is 108 cm³/mol. The van der Waals surface area contributed by atoms with Crippen LogP contribution in [0.2, 0.25) is 0 Å². The Morgan fingerprint density at radius 1 is 1.07 bits per heavy atom. The number of rotatable bonds is 5. The summed E-state index contributed by atoms with van der Waals surface area (Å²) in [5.74, 6) is 1.61. The summed E-state index contributed by atoms with van der Waals surface area (Å²) < 4.78 is 4.04.